The van der Waals surface area contributed by atoms with Gasteiger partial charge in [0.2, 0.25) is 5.91 Å². The standard InChI is InChI=1S/C21H31FN4O/c1-4-23-19(25-13-20(2,3)16-7-5-8-17(22)11-16)26-10-6-9-21(15-26)12-18(27)24-14-21/h5,7-8,11H,4,6,9-10,12-15H2,1-3H3,(H,23,25)(H,24,27). The number of nitrogens with one attached hydrogen (secondary N) is 2. The van der Waals surface area contributed by atoms with E-state index < -0.39 is 0 Å². The van der Waals surface area contributed by atoms with Gasteiger partial charge in [0.15, 0.2) is 5.96 Å². The van der Waals surface area contributed by atoms with E-state index >= 15 is 0 Å². The average molecular weight is 375 g/mol. The molecule has 2 saturated heterocycles. The van der Waals surface area contributed by atoms with Gasteiger partial charge in [-0.15, -0.1) is 0 Å². The molecule has 1 aromatic carbocycles. The summed E-state index contributed by atoms with van der Waals surface area (Å²) in [6, 6.07) is 6.77. The third kappa shape index (κ3) is 4.60. The summed E-state index contributed by atoms with van der Waals surface area (Å²) in [5, 5.41) is 6.40. The third-order valence-corrected chi connectivity index (χ3v) is 5.72. The lowest BCUT2D eigenvalue weighted by Crippen LogP contribution is -2.51. The van der Waals surface area contributed by atoms with E-state index in [0.29, 0.717) is 13.0 Å². The maximum atomic E-state index is 13.6. The Kier molecular flexibility index (Phi) is 5.72. The van der Waals surface area contributed by atoms with Gasteiger partial charge in [0.25, 0.3) is 0 Å². The van der Waals surface area contributed by atoms with E-state index in [-0.39, 0.29) is 22.6 Å². The summed E-state index contributed by atoms with van der Waals surface area (Å²) in [6.07, 6.45) is 2.75. The van der Waals surface area contributed by atoms with Gasteiger partial charge in [0.05, 0.1) is 6.54 Å². The Morgan fingerprint density at radius 3 is 2.93 bits per heavy atom. The lowest BCUT2D eigenvalue weighted by atomic mass is 9.79. The average Bonchev–Trinajstić information content (AvgIpc) is 2.98. The Morgan fingerprint density at radius 1 is 1.44 bits per heavy atom. The Morgan fingerprint density at radius 2 is 2.26 bits per heavy atom. The first kappa shape index (κ1) is 19.6. The topological polar surface area (TPSA) is 56.7 Å². The minimum atomic E-state index is -0.263. The minimum Gasteiger partial charge on any atom is -0.357 e. The Hall–Kier alpha value is -2.11. The number of guanidine groups is 1. The summed E-state index contributed by atoms with van der Waals surface area (Å²) in [5.74, 6) is 0.833. The van der Waals surface area contributed by atoms with Gasteiger partial charge in [-0.2, -0.15) is 0 Å². The monoisotopic (exact) mass is 374 g/mol. The van der Waals surface area contributed by atoms with Crippen LogP contribution in [0.1, 0.15) is 45.6 Å². The number of hydrogen-bond donors (Lipinski definition) is 2. The van der Waals surface area contributed by atoms with Crippen LogP contribution in [-0.4, -0.2) is 49.5 Å². The van der Waals surface area contributed by atoms with Crippen LogP contribution < -0.4 is 10.6 Å². The van der Waals surface area contributed by atoms with Crippen molar-refractivity contribution in [3.63, 3.8) is 0 Å². The molecule has 0 radical (unpaired) electrons. The van der Waals surface area contributed by atoms with E-state index in [9.17, 15) is 9.18 Å². The van der Waals surface area contributed by atoms with Crippen molar-refractivity contribution < 1.29 is 9.18 Å². The van der Waals surface area contributed by atoms with Crippen LogP contribution in [0.4, 0.5) is 4.39 Å². The SMILES string of the molecule is CCNC(=NCC(C)(C)c1cccc(F)c1)N1CCCC2(CNC(=O)C2)C1. The molecule has 1 amide bonds. The molecule has 1 aromatic rings. The van der Waals surface area contributed by atoms with Crippen LogP contribution in [0.5, 0.6) is 0 Å². The number of rotatable bonds is 4. The van der Waals surface area contributed by atoms with Crippen LogP contribution in [0, 0.1) is 11.2 Å². The highest BCUT2D eigenvalue weighted by Gasteiger charge is 2.42. The molecule has 2 aliphatic rings. The van der Waals surface area contributed by atoms with Gasteiger partial charge in [-0.05, 0) is 37.5 Å². The number of amides is 1. The molecule has 148 valence electrons. The molecule has 2 aliphatic heterocycles. The molecule has 0 aromatic heterocycles. The van der Waals surface area contributed by atoms with Crippen molar-refractivity contribution in [2.75, 3.05) is 32.7 Å². The number of carbonyl (C=O) groups is 1. The predicted molar refractivity (Wildman–Crippen MR) is 106 cm³/mol. The van der Waals surface area contributed by atoms with Crippen LogP contribution in [-0.2, 0) is 10.2 Å². The molecule has 0 saturated carbocycles. The minimum absolute atomic E-state index is 0.0314. The molecule has 1 spiro atoms. The van der Waals surface area contributed by atoms with Gasteiger partial charge in [-0.3, -0.25) is 9.79 Å². The first-order valence-electron chi connectivity index (χ1n) is 9.90. The van der Waals surface area contributed by atoms with Crippen LogP contribution in [0.25, 0.3) is 0 Å². The van der Waals surface area contributed by atoms with Crippen molar-refractivity contribution in [2.24, 2.45) is 10.4 Å². The number of benzene rings is 1. The summed E-state index contributed by atoms with van der Waals surface area (Å²) in [7, 11) is 0. The number of hydrogen-bond acceptors (Lipinski definition) is 2. The smallest absolute Gasteiger partial charge is 0.220 e. The van der Waals surface area contributed by atoms with Gasteiger partial charge >= 0.3 is 0 Å². The highest BCUT2D eigenvalue weighted by atomic mass is 19.1. The number of carbonyl (C=O) groups excluding carboxylic acids is 1. The van der Waals surface area contributed by atoms with Gasteiger partial charge in [0, 0.05) is 43.4 Å². The molecule has 3 rings (SSSR count). The van der Waals surface area contributed by atoms with E-state index in [1.807, 2.05) is 6.07 Å². The van der Waals surface area contributed by atoms with Gasteiger partial charge < -0.3 is 15.5 Å². The molecule has 0 aliphatic carbocycles. The molecule has 6 heteroatoms. The largest absolute Gasteiger partial charge is 0.357 e. The second-order valence-corrected chi connectivity index (χ2v) is 8.54. The molecule has 1 atom stereocenters. The molecule has 0 bridgehead atoms. The molecule has 2 heterocycles. The first-order chi connectivity index (χ1) is 12.8. The molecular formula is C21H31FN4O. The van der Waals surface area contributed by atoms with E-state index in [4.69, 9.17) is 4.99 Å². The zero-order chi connectivity index (χ0) is 19.5. The Balaban J connectivity index is 1.75. The van der Waals surface area contributed by atoms with Gasteiger partial charge in [-0.1, -0.05) is 26.0 Å². The molecular weight excluding hydrogens is 343 g/mol. The van der Waals surface area contributed by atoms with Crippen LogP contribution in [0.3, 0.4) is 0 Å². The molecule has 2 N–H and O–H groups in total. The predicted octanol–water partition coefficient (Wildman–Crippen LogP) is 2.67. The number of nitrogens with zero attached hydrogens (tertiary/aromatic N) is 2. The van der Waals surface area contributed by atoms with Gasteiger partial charge in [-0.25, -0.2) is 4.39 Å². The summed E-state index contributed by atoms with van der Waals surface area (Å²) < 4.78 is 13.6. The zero-order valence-electron chi connectivity index (χ0n) is 16.6. The van der Waals surface area contributed by atoms with E-state index in [1.54, 1.807) is 12.1 Å². The number of piperidine rings is 1. The summed E-state index contributed by atoms with van der Waals surface area (Å²) in [4.78, 5) is 18.9. The Labute approximate surface area is 161 Å². The van der Waals surface area contributed by atoms with Crippen molar-refractivity contribution >= 4 is 11.9 Å². The second-order valence-electron chi connectivity index (χ2n) is 8.54. The fourth-order valence-corrected chi connectivity index (χ4v) is 4.13. The number of likely N-dealkylation sites (tertiary alicyclic amines) is 1. The maximum Gasteiger partial charge on any atom is 0.220 e. The Bertz CT molecular complexity index is 718. The lowest BCUT2D eigenvalue weighted by molar-refractivity contribution is -0.119. The summed E-state index contributed by atoms with van der Waals surface area (Å²) in [6.45, 7) is 10.2. The van der Waals surface area contributed by atoms with E-state index in [2.05, 4.69) is 36.3 Å². The van der Waals surface area contributed by atoms with Crippen molar-refractivity contribution in [3.05, 3.63) is 35.6 Å². The number of halogens is 1. The van der Waals surface area contributed by atoms with Crippen molar-refractivity contribution in [1.82, 2.24) is 15.5 Å². The van der Waals surface area contributed by atoms with Gasteiger partial charge in [0.1, 0.15) is 5.82 Å². The van der Waals surface area contributed by atoms with E-state index in [1.165, 1.54) is 6.07 Å². The highest BCUT2D eigenvalue weighted by Crippen LogP contribution is 2.36. The molecule has 1 unspecified atom stereocenters. The highest BCUT2D eigenvalue weighted by molar-refractivity contribution is 5.81. The van der Waals surface area contributed by atoms with Crippen LogP contribution >= 0.6 is 0 Å². The van der Waals surface area contributed by atoms with Crippen LogP contribution in [0.15, 0.2) is 29.3 Å². The fourth-order valence-electron chi connectivity index (χ4n) is 4.13. The molecule has 5 nitrogen and oxygen atoms in total. The third-order valence-electron chi connectivity index (χ3n) is 5.72. The first-order valence-corrected chi connectivity index (χ1v) is 9.90. The normalized spacial score (nSPS) is 23.6. The molecule has 2 fully saturated rings. The van der Waals surface area contributed by atoms with E-state index in [0.717, 1.165) is 50.5 Å². The lowest BCUT2D eigenvalue weighted by Gasteiger charge is -2.41. The van der Waals surface area contributed by atoms with Crippen LogP contribution in [0.2, 0.25) is 0 Å². The second kappa shape index (κ2) is 7.87. The summed E-state index contributed by atoms with van der Waals surface area (Å²) in [5.41, 5.74) is 0.716. The summed E-state index contributed by atoms with van der Waals surface area (Å²) >= 11 is 0. The molecule has 27 heavy (non-hydrogen) atoms. The quantitative estimate of drug-likeness (QED) is 0.629. The zero-order valence-corrected chi connectivity index (χ0v) is 16.6. The number of aliphatic imine (C=N–C) groups is 1. The van der Waals surface area contributed by atoms with Crippen molar-refractivity contribution in [3.8, 4) is 0 Å². The maximum absolute atomic E-state index is 13.6. The van der Waals surface area contributed by atoms with Crippen molar-refractivity contribution in [2.45, 2.75) is 45.4 Å². The fraction of sp³-hybridized carbons (Fsp3) is 0.619. The van der Waals surface area contributed by atoms with Crippen molar-refractivity contribution in [1.29, 1.82) is 0 Å².